The smallest absolute Gasteiger partial charge is 0.0617 e. The van der Waals surface area contributed by atoms with Gasteiger partial charge >= 0.3 is 0 Å². The van der Waals surface area contributed by atoms with E-state index in [4.69, 9.17) is 23.2 Å². The molecule has 1 fully saturated rings. The Bertz CT molecular complexity index is 904. The summed E-state index contributed by atoms with van der Waals surface area (Å²) in [6.45, 7) is 3.98. The summed E-state index contributed by atoms with van der Waals surface area (Å²) in [7, 11) is 0. The van der Waals surface area contributed by atoms with Crippen LogP contribution in [0.3, 0.4) is 0 Å². The van der Waals surface area contributed by atoms with Gasteiger partial charge in [-0.05, 0) is 40.8 Å². The summed E-state index contributed by atoms with van der Waals surface area (Å²) in [4.78, 5) is 2.50. The van der Waals surface area contributed by atoms with Gasteiger partial charge in [0.05, 0.1) is 6.04 Å². The summed E-state index contributed by atoms with van der Waals surface area (Å²) in [6.07, 6.45) is 0.946. The molecular weight excluding hydrogens is 387 g/mol. The number of halogens is 2. The Hall–Kier alpha value is -1.84. The highest BCUT2D eigenvalue weighted by molar-refractivity contribution is 6.35. The van der Waals surface area contributed by atoms with Crippen LogP contribution in [0, 0.1) is 0 Å². The second kappa shape index (κ2) is 9.11. The predicted octanol–water partition coefficient (Wildman–Crippen LogP) is 5.58. The van der Waals surface area contributed by atoms with Crippen LogP contribution in [-0.2, 0) is 6.42 Å². The van der Waals surface area contributed by atoms with Crippen molar-refractivity contribution in [1.29, 1.82) is 0 Å². The summed E-state index contributed by atoms with van der Waals surface area (Å²) >= 11 is 12.7. The first kappa shape index (κ1) is 19.5. The molecule has 0 spiro atoms. The lowest BCUT2D eigenvalue weighted by atomic mass is 9.94. The minimum Gasteiger partial charge on any atom is -0.314 e. The van der Waals surface area contributed by atoms with E-state index in [2.05, 4.69) is 70.9 Å². The molecule has 1 aliphatic heterocycles. The van der Waals surface area contributed by atoms with Crippen molar-refractivity contribution in [2.75, 3.05) is 26.2 Å². The molecule has 1 atom stereocenters. The minimum atomic E-state index is 0.137. The molecule has 1 saturated heterocycles. The SMILES string of the molecule is Clc1ccc(C(c2ccc(Cc3ccccc3)cc2)N2CCNCC2)c(Cl)c1. The molecule has 1 aliphatic rings. The Morgan fingerprint density at radius 3 is 2.18 bits per heavy atom. The molecular formula is C24H24Cl2N2. The van der Waals surface area contributed by atoms with Crippen LogP contribution in [0.5, 0.6) is 0 Å². The molecule has 28 heavy (non-hydrogen) atoms. The van der Waals surface area contributed by atoms with Crippen LogP contribution in [0.25, 0.3) is 0 Å². The molecule has 0 bridgehead atoms. The number of benzene rings is 3. The van der Waals surface area contributed by atoms with Crippen molar-refractivity contribution in [3.63, 3.8) is 0 Å². The summed E-state index contributed by atoms with van der Waals surface area (Å²) in [5, 5.41) is 4.84. The molecule has 3 aromatic carbocycles. The van der Waals surface area contributed by atoms with Gasteiger partial charge in [0.15, 0.2) is 0 Å². The van der Waals surface area contributed by atoms with E-state index in [1.807, 2.05) is 12.1 Å². The number of nitrogens with one attached hydrogen (secondary N) is 1. The molecule has 0 aliphatic carbocycles. The normalized spacial score (nSPS) is 16.1. The second-order valence-electron chi connectivity index (χ2n) is 7.26. The van der Waals surface area contributed by atoms with Crippen LogP contribution in [0.15, 0.2) is 72.8 Å². The highest BCUT2D eigenvalue weighted by atomic mass is 35.5. The Balaban J connectivity index is 1.64. The lowest BCUT2D eigenvalue weighted by Crippen LogP contribution is -2.45. The summed E-state index contributed by atoms with van der Waals surface area (Å²) in [5.41, 5.74) is 5.03. The molecule has 1 heterocycles. The largest absolute Gasteiger partial charge is 0.314 e. The maximum Gasteiger partial charge on any atom is 0.0617 e. The standard InChI is InChI=1S/C24H24Cl2N2/c25-21-10-11-22(23(26)17-21)24(28-14-12-27-13-15-28)20-8-6-19(7-9-20)16-18-4-2-1-3-5-18/h1-11,17,24,27H,12-16H2. The zero-order valence-electron chi connectivity index (χ0n) is 15.7. The van der Waals surface area contributed by atoms with Crippen LogP contribution >= 0.6 is 23.2 Å². The van der Waals surface area contributed by atoms with Crippen molar-refractivity contribution >= 4 is 23.2 Å². The zero-order valence-corrected chi connectivity index (χ0v) is 17.3. The fraction of sp³-hybridized carbons (Fsp3) is 0.250. The molecule has 1 unspecified atom stereocenters. The van der Waals surface area contributed by atoms with Gasteiger partial charge in [0.2, 0.25) is 0 Å². The lowest BCUT2D eigenvalue weighted by Gasteiger charge is -2.36. The first-order valence-electron chi connectivity index (χ1n) is 9.73. The Morgan fingerprint density at radius 1 is 0.821 bits per heavy atom. The van der Waals surface area contributed by atoms with Crippen molar-refractivity contribution < 1.29 is 0 Å². The predicted molar refractivity (Wildman–Crippen MR) is 118 cm³/mol. The van der Waals surface area contributed by atoms with Gasteiger partial charge in [-0.2, -0.15) is 0 Å². The van der Waals surface area contributed by atoms with Crippen LogP contribution < -0.4 is 5.32 Å². The highest BCUT2D eigenvalue weighted by Gasteiger charge is 2.25. The lowest BCUT2D eigenvalue weighted by molar-refractivity contribution is 0.198. The Kier molecular flexibility index (Phi) is 6.33. The average Bonchev–Trinajstić information content (AvgIpc) is 2.73. The Labute approximate surface area is 177 Å². The van der Waals surface area contributed by atoms with Gasteiger partial charge in [0.25, 0.3) is 0 Å². The van der Waals surface area contributed by atoms with E-state index in [1.165, 1.54) is 16.7 Å². The van der Waals surface area contributed by atoms with Crippen LogP contribution in [-0.4, -0.2) is 31.1 Å². The van der Waals surface area contributed by atoms with Crippen LogP contribution in [0.4, 0.5) is 0 Å². The molecule has 0 amide bonds. The van der Waals surface area contributed by atoms with E-state index in [-0.39, 0.29) is 6.04 Å². The van der Waals surface area contributed by atoms with Gasteiger partial charge in [-0.3, -0.25) is 4.90 Å². The van der Waals surface area contributed by atoms with Gasteiger partial charge < -0.3 is 5.32 Å². The van der Waals surface area contributed by atoms with E-state index in [9.17, 15) is 0 Å². The molecule has 0 saturated carbocycles. The monoisotopic (exact) mass is 410 g/mol. The quantitative estimate of drug-likeness (QED) is 0.590. The van der Waals surface area contributed by atoms with E-state index in [1.54, 1.807) is 0 Å². The Morgan fingerprint density at radius 2 is 1.50 bits per heavy atom. The summed E-state index contributed by atoms with van der Waals surface area (Å²) in [6, 6.07) is 25.5. The van der Waals surface area contributed by atoms with Gasteiger partial charge in [-0.15, -0.1) is 0 Å². The van der Waals surface area contributed by atoms with Crippen molar-refractivity contribution in [3.05, 3.63) is 105 Å². The summed E-state index contributed by atoms with van der Waals surface area (Å²) < 4.78 is 0. The van der Waals surface area contributed by atoms with E-state index >= 15 is 0 Å². The number of nitrogens with zero attached hydrogens (tertiary/aromatic N) is 1. The fourth-order valence-electron chi connectivity index (χ4n) is 3.90. The van der Waals surface area contributed by atoms with E-state index in [0.29, 0.717) is 5.02 Å². The highest BCUT2D eigenvalue weighted by Crippen LogP contribution is 2.35. The first-order valence-corrected chi connectivity index (χ1v) is 10.5. The number of rotatable bonds is 5. The molecule has 0 aromatic heterocycles. The van der Waals surface area contributed by atoms with E-state index in [0.717, 1.165) is 43.2 Å². The van der Waals surface area contributed by atoms with Crippen molar-refractivity contribution in [1.82, 2.24) is 10.2 Å². The molecule has 3 aromatic rings. The van der Waals surface area contributed by atoms with Gasteiger partial charge in [-0.1, -0.05) is 83.9 Å². The average molecular weight is 411 g/mol. The van der Waals surface area contributed by atoms with Crippen LogP contribution in [0.1, 0.15) is 28.3 Å². The molecule has 4 rings (SSSR count). The third-order valence-electron chi connectivity index (χ3n) is 5.32. The van der Waals surface area contributed by atoms with Crippen molar-refractivity contribution in [2.45, 2.75) is 12.5 Å². The van der Waals surface area contributed by atoms with Gasteiger partial charge in [-0.25, -0.2) is 0 Å². The molecule has 144 valence electrons. The molecule has 1 N–H and O–H groups in total. The minimum absolute atomic E-state index is 0.137. The second-order valence-corrected chi connectivity index (χ2v) is 8.10. The fourth-order valence-corrected chi connectivity index (χ4v) is 4.41. The van der Waals surface area contributed by atoms with Crippen molar-refractivity contribution in [3.8, 4) is 0 Å². The maximum absolute atomic E-state index is 6.61. The molecule has 0 radical (unpaired) electrons. The number of hydrogen-bond donors (Lipinski definition) is 1. The third-order valence-corrected chi connectivity index (χ3v) is 5.88. The van der Waals surface area contributed by atoms with Gasteiger partial charge in [0.1, 0.15) is 0 Å². The molecule has 2 nitrogen and oxygen atoms in total. The molecule has 4 heteroatoms. The number of hydrogen-bond acceptors (Lipinski definition) is 2. The zero-order chi connectivity index (χ0) is 19.3. The topological polar surface area (TPSA) is 15.3 Å². The van der Waals surface area contributed by atoms with Crippen molar-refractivity contribution in [2.24, 2.45) is 0 Å². The summed E-state index contributed by atoms with van der Waals surface area (Å²) in [5.74, 6) is 0. The number of piperazine rings is 1. The third kappa shape index (κ3) is 4.59. The van der Waals surface area contributed by atoms with Gasteiger partial charge in [0, 0.05) is 36.2 Å². The first-order chi connectivity index (χ1) is 13.7. The maximum atomic E-state index is 6.61. The van der Waals surface area contributed by atoms with Crippen LogP contribution in [0.2, 0.25) is 10.0 Å². The van der Waals surface area contributed by atoms with E-state index < -0.39 is 0 Å².